The maximum absolute atomic E-state index is 12.6. The van der Waals surface area contributed by atoms with E-state index in [0.717, 1.165) is 210 Å². The summed E-state index contributed by atoms with van der Waals surface area (Å²) in [6.07, 6.45) is 24.5. The molecule has 31 heteroatoms. The van der Waals surface area contributed by atoms with Crippen molar-refractivity contribution in [3.8, 4) is 11.6 Å². The minimum atomic E-state index is -3.16. The number of carbonyl (C=O) groups is 8. The number of aromatic amines is 1. The van der Waals surface area contributed by atoms with E-state index in [-0.39, 0.29) is 65.2 Å². The minimum absolute atomic E-state index is 0.00583. The maximum atomic E-state index is 12.6. The largest absolute Gasteiger partial charge is 0.508 e. The second kappa shape index (κ2) is 74.9. The fourth-order valence-electron chi connectivity index (χ4n) is 16.9. The van der Waals surface area contributed by atoms with Gasteiger partial charge in [0.1, 0.15) is 17.6 Å². The van der Waals surface area contributed by atoms with E-state index in [1.807, 2.05) is 50.5 Å². The first-order chi connectivity index (χ1) is 67.5. The van der Waals surface area contributed by atoms with Crippen molar-refractivity contribution in [2.45, 2.75) is 361 Å². The average molecular weight is 2050 g/mol. The highest BCUT2D eigenvalue weighted by atomic mass is 32.2. The van der Waals surface area contributed by atoms with Gasteiger partial charge >= 0.3 is 47.8 Å². The number of anilines is 1. The van der Waals surface area contributed by atoms with Crippen LogP contribution < -0.4 is 14.8 Å². The van der Waals surface area contributed by atoms with Gasteiger partial charge in [0.2, 0.25) is 15.9 Å². The summed E-state index contributed by atoms with van der Waals surface area (Å²) in [5, 5.41) is 54.7. The number of carboxylic acids is 4. The number of pyridine rings is 1. The quantitative estimate of drug-likeness (QED) is 0.0163. The lowest BCUT2D eigenvalue weighted by molar-refractivity contribution is -0.147. The predicted molar refractivity (Wildman–Crippen MR) is 579 cm³/mol. The van der Waals surface area contributed by atoms with Crippen LogP contribution in [0, 0.1) is 70.9 Å². The highest BCUT2D eigenvalue weighted by Gasteiger charge is 2.32. The second-order valence-electron chi connectivity index (χ2n) is 42.7. The Morgan fingerprint density at radius 1 is 0.438 bits per heavy atom. The van der Waals surface area contributed by atoms with E-state index in [0.29, 0.717) is 115 Å². The number of phenolic OH excluding ortho intramolecular Hbond substituents is 1. The first-order valence-electron chi connectivity index (χ1n) is 52.9. The number of aromatic hydroxyl groups is 1. The number of nitrogens with one attached hydrogen (secondary N) is 3. The Hall–Kier alpha value is -8.88. The van der Waals surface area contributed by atoms with Crippen molar-refractivity contribution in [1.29, 1.82) is 0 Å². The summed E-state index contributed by atoms with van der Waals surface area (Å²) in [5.74, 6) is 4.38. The fraction of sp³-hybridized carbons (Fsp3) is 0.717. The molecule has 11 rings (SSSR count). The number of benzene rings is 3. The molecule has 29 nitrogen and oxygen atoms in total. The van der Waals surface area contributed by atoms with Gasteiger partial charge in [-0.15, -0.1) is 0 Å². The zero-order valence-electron chi connectivity index (χ0n) is 93.9. The number of fused-ring (bicyclic) bond motifs is 1. The lowest BCUT2D eigenvalue weighted by atomic mass is 9.77. The van der Waals surface area contributed by atoms with Crippen molar-refractivity contribution in [2.24, 2.45) is 65.1 Å². The Balaban J connectivity index is 0.00000155. The number of carboxylic acid groups (broad SMARTS) is 4. The van der Waals surface area contributed by atoms with Crippen molar-refractivity contribution in [3.05, 3.63) is 113 Å². The zero-order valence-corrected chi connectivity index (χ0v) is 94.7. The van der Waals surface area contributed by atoms with Gasteiger partial charge in [0.05, 0.1) is 71.3 Å². The summed E-state index contributed by atoms with van der Waals surface area (Å²) in [6.45, 7) is 61.0. The molecule has 2 atom stereocenters. The Kier molecular flexibility index (Phi) is 70.3. The first-order valence-corrected chi connectivity index (χ1v) is 54.8. The van der Waals surface area contributed by atoms with E-state index >= 15 is 0 Å². The Bertz CT molecular complexity index is 4300. The molecule has 5 aromatic rings. The van der Waals surface area contributed by atoms with E-state index in [1.54, 1.807) is 25.3 Å². The zero-order chi connectivity index (χ0) is 110. The van der Waals surface area contributed by atoms with Crippen LogP contribution in [0.3, 0.4) is 0 Å². The van der Waals surface area contributed by atoms with Crippen LogP contribution in [-0.4, -0.2) is 247 Å². The normalized spacial score (nSPS) is 17.6. The molecular weight excluding hydrogens is 1850 g/mol. The molecule has 5 aliphatic heterocycles. The number of hydrogen-bond acceptors (Lipinski definition) is 23. The summed E-state index contributed by atoms with van der Waals surface area (Å²) >= 11 is 0. The van der Waals surface area contributed by atoms with Crippen LogP contribution in [0.1, 0.15) is 353 Å². The summed E-state index contributed by atoms with van der Waals surface area (Å²) in [7, 11) is 4.27. The van der Waals surface area contributed by atoms with Gasteiger partial charge in [-0.1, -0.05) is 148 Å². The van der Waals surface area contributed by atoms with Crippen LogP contribution in [0.15, 0.2) is 85.2 Å². The molecule has 6 aliphatic rings. The molecule has 7 heterocycles. The number of methoxy groups -OCH3 is 5. The number of H-pyrrole nitrogens is 1. The minimum Gasteiger partial charge on any atom is -0.508 e. The molecule has 2 aromatic heterocycles. The molecule has 0 amide bonds. The highest BCUT2D eigenvalue weighted by Crippen LogP contribution is 2.34. The number of esters is 4. The molecule has 0 unspecified atom stereocenters. The summed E-state index contributed by atoms with van der Waals surface area (Å²) < 4.78 is 60.4. The van der Waals surface area contributed by atoms with Crippen LogP contribution in [-0.2, 0) is 67.3 Å². The molecule has 8 N–H and O–H groups in total. The smallest absolute Gasteiger partial charge is 0.322 e. The first kappa shape index (κ1) is 135. The SMILES string of the molecule is CC(C)C1CCC(C(=O)O)CC1.CC(C)CCCC(=O)O.CC(C)N1CCC(C(=O)O)CC1.CC(C)N1CCC(CC(=O)O)CC1.CC(C)c1cc(O)cc(F)c1.CC(C)c1ccc(NS(C)(=O)=O)cc1.CC(C)c1ccc2[nH]ncc2c1.COC(=O)C1CCN(C(C)C)CC1.COC(=O)CC1CCN(C(C)C)CC1.COC(=O)CCCC(C)C.COC(=O)[C@H]1CC[C@@H](C(C)C)CN1.COc1ccc(C(C)C)cn1. The van der Waals surface area contributed by atoms with E-state index in [1.165, 1.54) is 56.6 Å². The number of aromatic nitrogens is 3. The monoisotopic (exact) mass is 2050 g/mol. The van der Waals surface area contributed by atoms with E-state index in [9.17, 15) is 51.2 Å². The van der Waals surface area contributed by atoms with Crippen LogP contribution in [0.25, 0.3) is 10.9 Å². The van der Waals surface area contributed by atoms with Crippen LogP contribution in [0.4, 0.5) is 10.1 Å². The van der Waals surface area contributed by atoms with Gasteiger partial charge in [-0.25, -0.2) is 17.8 Å². The molecular formula is C113H194FN9O20S. The lowest BCUT2D eigenvalue weighted by Gasteiger charge is -2.34. The van der Waals surface area contributed by atoms with Gasteiger partial charge in [0, 0.05) is 79.3 Å². The van der Waals surface area contributed by atoms with Crippen molar-refractivity contribution in [1.82, 2.24) is 40.1 Å². The van der Waals surface area contributed by atoms with Gasteiger partial charge in [-0.2, -0.15) is 5.10 Å². The molecule has 0 bridgehead atoms. The average Bonchev–Trinajstić information content (AvgIpc) is 1.71. The number of phenols is 1. The molecule has 6 fully saturated rings. The number of nitrogens with zero attached hydrogens (tertiary/aromatic N) is 6. The van der Waals surface area contributed by atoms with Crippen LogP contribution in [0.5, 0.6) is 11.6 Å². The van der Waals surface area contributed by atoms with Crippen molar-refractivity contribution >= 4 is 74.4 Å². The molecule has 824 valence electrons. The molecule has 5 saturated heterocycles. The number of hydrogen-bond donors (Lipinski definition) is 8. The summed E-state index contributed by atoms with van der Waals surface area (Å²) in [4.78, 5) is 99.4. The maximum Gasteiger partial charge on any atom is 0.322 e. The number of rotatable bonds is 29. The van der Waals surface area contributed by atoms with Crippen molar-refractivity contribution < 1.29 is 100 Å². The number of halogens is 1. The van der Waals surface area contributed by atoms with E-state index < -0.39 is 33.9 Å². The standard InChI is InChI=1S/C11H21NO2.C10H12N2.C10H15NO2S.3C10H19NO2.C10H18O2.C9H11FO.C9H17NO2.C9H13NO.C8H16O2.C7H14O2/c1-9(2)12-6-4-10(5-7-12)8-11(13)14-3;1-7(2)8-3-4-10-9(5-8)6-11-12-10;1-8(2)9-4-6-10(7-5-9)11-14(3,12)13;1-8(2)11-6-4-9(5-7-11)10(12)13-3;1-7(2)8-4-5-9(11-6-8)10(12)13-3;1-8(2)11-5-3-9(4-6-11)7-10(12)13;1-7(2)8-3-5-9(6-4-8)10(11)12;1-6(2)7-3-8(10)5-9(11)4-7;1-7(2)10-5-3-8(4-6-10)9(11)12;1-7(2)8-4-5-9(11-3)10-6-8;1-7(2)5-4-6-8(9)10-3;1-6(2)4-3-5-7(8)9/h9-10H,4-8H2,1-3H3;3-7H,1-2H3,(H,11,12);4-8,11H,1-3H3;8-9H,4-7H2,1-3H3;7-9,11H,4-6H2,1-3H3;8-9H,3-7H2,1-2H3,(H,12,13);7-9H,3-6H2,1-2H3,(H,11,12);3-6,11H,1-2H3;7-8H,3-6H2,1-2H3,(H,11,12);4-7H,1-3H3;7H,4-6H2,1-3H3;6H,3-5H2,1-2H3,(H,8,9)/t;;;;8-,9-;;;;;;;/m....1......./s1. The van der Waals surface area contributed by atoms with Gasteiger partial charge in [-0.3, -0.25) is 48.2 Å². The van der Waals surface area contributed by atoms with Crippen LogP contribution >= 0.6 is 0 Å². The van der Waals surface area contributed by atoms with Gasteiger partial charge in [0.15, 0.2) is 0 Å². The summed E-state index contributed by atoms with van der Waals surface area (Å²) in [6, 6.07) is 24.2. The van der Waals surface area contributed by atoms with Gasteiger partial charge in [-0.05, 0) is 347 Å². The number of aliphatic carboxylic acids is 4. The second-order valence-corrected chi connectivity index (χ2v) is 44.5. The van der Waals surface area contributed by atoms with E-state index in [2.05, 4.69) is 230 Å². The van der Waals surface area contributed by atoms with Crippen LogP contribution in [0.2, 0.25) is 0 Å². The Morgan fingerprint density at radius 3 is 1.22 bits per heavy atom. The third kappa shape index (κ3) is 62.3. The Morgan fingerprint density at radius 2 is 0.854 bits per heavy atom. The van der Waals surface area contributed by atoms with E-state index in [4.69, 9.17) is 35.0 Å². The predicted octanol–water partition coefficient (Wildman–Crippen LogP) is 23.1. The number of piperidine rings is 5. The molecule has 1 saturated carbocycles. The third-order valence-corrected chi connectivity index (χ3v) is 27.6. The molecule has 3 aromatic carbocycles. The van der Waals surface area contributed by atoms with Crippen molar-refractivity contribution in [3.63, 3.8) is 0 Å². The number of likely N-dealkylation sites (tertiary alicyclic amines) is 4. The molecule has 0 radical (unpaired) electrons. The van der Waals surface area contributed by atoms with Gasteiger partial charge < -0.3 is 74.1 Å². The van der Waals surface area contributed by atoms with Crippen molar-refractivity contribution in [2.75, 3.05) is 105 Å². The highest BCUT2D eigenvalue weighted by molar-refractivity contribution is 7.92. The third-order valence-electron chi connectivity index (χ3n) is 27.0. The molecule has 144 heavy (non-hydrogen) atoms. The topological polar surface area (TPSA) is 397 Å². The number of ether oxygens (including phenoxy) is 5. The molecule has 1 aliphatic carbocycles. The Labute approximate surface area is 866 Å². The molecule has 0 spiro atoms. The lowest BCUT2D eigenvalue weighted by Crippen LogP contribution is -2.45. The summed E-state index contributed by atoms with van der Waals surface area (Å²) in [5.41, 5.74) is 6.34. The number of carbonyl (C=O) groups excluding carboxylic acids is 4. The van der Waals surface area contributed by atoms with Gasteiger partial charge in [0.25, 0.3) is 0 Å². The fourth-order valence-corrected chi connectivity index (χ4v) is 17.5. The number of sulfonamides is 1.